The average Bonchev–Trinajstić information content (AvgIpc) is 2.81. The fourth-order valence-electron chi connectivity index (χ4n) is 1.21. The number of carbonyl (C=O) groups excluding carboxylic acids is 1. The summed E-state index contributed by atoms with van der Waals surface area (Å²) in [6.07, 6.45) is 0. The number of ether oxygens (including phenoxy) is 1. The lowest BCUT2D eigenvalue weighted by Gasteiger charge is -2.04. The molecule has 0 fully saturated rings. The summed E-state index contributed by atoms with van der Waals surface area (Å²) in [5, 5.41) is 8.90. The molecule has 0 radical (unpaired) electrons. The smallest absolute Gasteiger partial charge is 0.339 e. The highest BCUT2D eigenvalue weighted by molar-refractivity contribution is 8.77. The van der Waals surface area contributed by atoms with Crippen molar-refractivity contribution in [2.24, 2.45) is 0 Å². The highest BCUT2D eigenvalue weighted by Crippen LogP contribution is 2.40. The number of aryl methyl sites for hydroxylation is 1. The first-order valence-corrected chi connectivity index (χ1v) is 7.99. The minimum absolute atomic E-state index is 0.327. The Morgan fingerprint density at radius 1 is 1.28 bits per heavy atom. The molecule has 1 aromatic heterocycles. The number of hydrogen-bond donors (Lipinski definition) is 0. The highest BCUT2D eigenvalue weighted by Gasteiger charge is 2.12. The van der Waals surface area contributed by atoms with Gasteiger partial charge in [0.2, 0.25) is 0 Å². The van der Waals surface area contributed by atoms with E-state index in [1.54, 1.807) is 6.07 Å². The molecule has 0 aliphatic rings. The van der Waals surface area contributed by atoms with Crippen LogP contribution in [0.5, 0.6) is 0 Å². The quantitative estimate of drug-likeness (QED) is 0.636. The van der Waals surface area contributed by atoms with E-state index in [0.717, 1.165) is 14.2 Å². The van der Waals surface area contributed by atoms with E-state index in [0.29, 0.717) is 5.56 Å². The summed E-state index contributed by atoms with van der Waals surface area (Å²) >= 11 is 1.53. The van der Waals surface area contributed by atoms with Crippen LogP contribution in [0.25, 0.3) is 0 Å². The van der Waals surface area contributed by atoms with E-state index < -0.39 is 0 Å². The van der Waals surface area contributed by atoms with Crippen molar-refractivity contribution >= 4 is 38.9 Å². The molecular weight excluding hydrogens is 288 g/mol. The van der Waals surface area contributed by atoms with Gasteiger partial charge in [0.15, 0.2) is 4.34 Å². The molecule has 0 aliphatic carbocycles. The molecule has 0 saturated heterocycles. The van der Waals surface area contributed by atoms with E-state index in [-0.39, 0.29) is 5.97 Å². The molecule has 0 atom stereocenters. The lowest BCUT2D eigenvalue weighted by molar-refractivity contribution is 0.0597. The largest absolute Gasteiger partial charge is 0.465 e. The van der Waals surface area contributed by atoms with Crippen molar-refractivity contribution in [2.45, 2.75) is 16.2 Å². The Balaban J connectivity index is 2.11. The molecule has 0 saturated carbocycles. The van der Waals surface area contributed by atoms with Gasteiger partial charge in [0.1, 0.15) is 5.01 Å². The number of nitrogens with zero attached hydrogens (tertiary/aromatic N) is 2. The van der Waals surface area contributed by atoms with Crippen LogP contribution < -0.4 is 0 Å². The van der Waals surface area contributed by atoms with Crippen molar-refractivity contribution in [2.75, 3.05) is 7.11 Å². The first-order valence-electron chi connectivity index (χ1n) is 5.02. The predicted molar refractivity (Wildman–Crippen MR) is 74.1 cm³/mol. The van der Waals surface area contributed by atoms with Gasteiger partial charge in [0.05, 0.1) is 12.7 Å². The van der Waals surface area contributed by atoms with Gasteiger partial charge in [0.25, 0.3) is 0 Å². The van der Waals surface area contributed by atoms with Crippen molar-refractivity contribution in [3.63, 3.8) is 0 Å². The number of carbonyl (C=O) groups is 1. The van der Waals surface area contributed by atoms with Gasteiger partial charge in [-0.15, -0.1) is 10.2 Å². The van der Waals surface area contributed by atoms with Crippen LogP contribution in [-0.4, -0.2) is 23.3 Å². The standard InChI is InChI=1S/C11H10N2O2S3/c1-7-12-13-11(16-7)18-17-9-6-4-3-5-8(9)10(14)15-2/h3-6H,1-2H3. The molecule has 0 spiro atoms. The zero-order chi connectivity index (χ0) is 13.0. The third-order valence-corrected chi connectivity index (χ3v) is 5.56. The molecule has 18 heavy (non-hydrogen) atoms. The molecule has 2 rings (SSSR count). The summed E-state index contributed by atoms with van der Waals surface area (Å²) in [4.78, 5) is 12.4. The molecule has 0 N–H and O–H groups in total. The van der Waals surface area contributed by atoms with Gasteiger partial charge in [-0.05, 0) is 40.6 Å². The van der Waals surface area contributed by atoms with Gasteiger partial charge < -0.3 is 4.74 Å². The van der Waals surface area contributed by atoms with Crippen LogP contribution in [0.3, 0.4) is 0 Å². The number of methoxy groups -OCH3 is 1. The number of benzene rings is 1. The van der Waals surface area contributed by atoms with Gasteiger partial charge in [0, 0.05) is 4.90 Å². The molecular formula is C11H10N2O2S3. The molecule has 1 aromatic carbocycles. The highest BCUT2D eigenvalue weighted by atomic mass is 33.1. The van der Waals surface area contributed by atoms with Crippen LogP contribution in [0.1, 0.15) is 15.4 Å². The molecule has 0 unspecified atom stereocenters. The zero-order valence-corrected chi connectivity index (χ0v) is 12.2. The maximum Gasteiger partial charge on any atom is 0.339 e. The Labute approximate surface area is 117 Å². The number of rotatable bonds is 4. The fraction of sp³-hybridized carbons (Fsp3) is 0.182. The van der Waals surface area contributed by atoms with Gasteiger partial charge in [-0.25, -0.2) is 4.79 Å². The molecule has 0 aliphatic heterocycles. The first-order chi connectivity index (χ1) is 8.70. The van der Waals surface area contributed by atoms with Crippen LogP contribution in [0.4, 0.5) is 0 Å². The Morgan fingerprint density at radius 2 is 2.06 bits per heavy atom. The second kappa shape index (κ2) is 6.21. The van der Waals surface area contributed by atoms with Crippen molar-refractivity contribution in [1.29, 1.82) is 0 Å². The Morgan fingerprint density at radius 3 is 2.72 bits per heavy atom. The van der Waals surface area contributed by atoms with Crippen molar-refractivity contribution in [3.8, 4) is 0 Å². The predicted octanol–water partition coefficient (Wildman–Crippen LogP) is 3.43. The fourth-order valence-corrected chi connectivity index (χ4v) is 4.37. The Bertz CT molecular complexity index is 557. The van der Waals surface area contributed by atoms with Crippen molar-refractivity contribution in [1.82, 2.24) is 10.2 Å². The minimum Gasteiger partial charge on any atom is -0.465 e. The van der Waals surface area contributed by atoms with Crippen LogP contribution in [-0.2, 0) is 4.74 Å². The van der Waals surface area contributed by atoms with Gasteiger partial charge in [-0.1, -0.05) is 23.5 Å². The molecule has 94 valence electrons. The maximum atomic E-state index is 11.6. The van der Waals surface area contributed by atoms with E-state index in [1.165, 1.54) is 40.0 Å². The van der Waals surface area contributed by atoms with Crippen LogP contribution >= 0.6 is 32.9 Å². The van der Waals surface area contributed by atoms with Crippen LogP contribution in [0, 0.1) is 6.92 Å². The molecule has 2 aromatic rings. The summed E-state index contributed by atoms with van der Waals surface area (Å²) in [5.41, 5.74) is 0.568. The molecule has 7 heteroatoms. The van der Waals surface area contributed by atoms with Gasteiger partial charge in [-0.3, -0.25) is 0 Å². The van der Waals surface area contributed by atoms with E-state index in [2.05, 4.69) is 10.2 Å². The number of hydrogen-bond acceptors (Lipinski definition) is 7. The van der Waals surface area contributed by atoms with E-state index in [1.807, 2.05) is 25.1 Å². The van der Waals surface area contributed by atoms with Crippen LogP contribution in [0.15, 0.2) is 33.5 Å². The van der Waals surface area contributed by atoms with Crippen molar-refractivity contribution in [3.05, 3.63) is 34.8 Å². The Kier molecular flexibility index (Phi) is 4.62. The second-order valence-electron chi connectivity index (χ2n) is 3.24. The first kappa shape index (κ1) is 13.4. The molecule has 0 amide bonds. The van der Waals surface area contributed by atoms with Gasteiger partial charge >= 0.3 is 5.97 Å². The lowest BCUT2D eigenvalue weighted by atomic mass is 10.2. The number of esters is 1. The topological polar surface area (TPSA) is 52.1 Å². The van der Waals surface area contributed by atoms with Crippen molar-refractivity contribution < 1.29 is 9.53 Å². The summed E-state index contributed by atoms with van der Waals surface area (Å²) in [5.74, 6) is -0.327. The Hall–Kier alpha value is -1.05. The summed E-state index contributed by atoms with van der Waals surface area (Å²) in [7, 11) is 4.35. The number of aromatic nitrogens is 2. The third kappa shape index (κ3) is 3.24. The average molecular weight is 298 g/mol. The summed E-state index contributed by atoms with van der Waals surface area (Å²) in [6, 6.07) is 7.34. The molecule has 0 bridgehead atoms. The minimum atomic E-state index is -0.327. The van der Waals surface area contributed by atoms with E-state index in [9.17, 15) is 4.79 Å². The normalized spacial score (nSPS) is 10.3. The summed E-state index contributed by atoms with van der Waals surface area (Å²) < 4.78 is 5.62. The van der Waals surface area contributed by atoms with E-state index in [4.69, 9.17) is 4.74 Å². The van der Waals surface area contributed by atoms with E-state index >= 15 is 0 Å². The zero-order valence-electron chi connectivity index (χ0n) is 9.75. The monoisotopic (exact) mass is 298 g/mol. The maximum absolute atomic E-state index is 11.6. The van der Waals surface area contributed by atoms with Crippen LogP contribution in [0.2, 0.25) is 0 Å². The van der Waals surface area contributed by atoms with Gasteiger partial charge in [-0.2, -0.15) is 0 Å². The second-order valence-corrected chi connectivity index (χ2v) is 6.84. The third-order valence-electron chi connectivity index (χ3n) is 2.00. The molecule has 4 nitrogen and oxygen atoms in total. The lowest BCUT2D eigenvalue weighted by Crippen LogP contribution is -2.02. The SMILES string of the molecule is COC(=O)c1ccccc1SSc1nnc(C)s1. The molecule has 1 heterocycles. The summed E-state index contributed by atoms with van der Waals surface area (Å²) in [6.45, 7) is 1.91.